The molecule has 1 N–H and O–H groups in total. The van der Waals surface area contributed by atoms with E-state index >= 15 is 0 Å². The lowest BCUT2D eigenvalue weighted by Crippen LogP contribution is -2.21. The first-order valence-electron chi connectivity index (χ1n) is 6.52. The van der Waals surface area contributed by atoms with E-state index in [4.69, 9.17) is 0 Å². The maximum absolute atomic E-state index is 9.32. The van der Waals surface area contributed by atoms with Crippen LogP contribution in [0.4, 0.5) is 0 Å². The summed E-state index contributed by atoms with van der Waals surface area (Å²) in [7, 11) is 0. The number of nitrogens with zero attached hydrogens (tertiary/aromatic N) is 2. The van der Waals surface area contributed by atoms with Gasteiger partial charge in [0.15, 0.2) is 0 Å². The number of aliphatic hydroxyl groups excluding tert-OH is 1. The Balaban J connectivity index is 1.95. The van der Waals surface area contributed by atoms with Gasteiger partial charge in [-0.1, -0.05) is 13.8 Å². The lowest BCUT2D eigenvalue weighted by Gasteiger charge is -2.12. The summed E-state index contributed by atoms with van der Waals surface area (Å²) < 4.78 is 0. The van der Waals surface area contributed by atoms with Crippen LogP contribution in [-0.2, 0) is 13.0 Å². The van der Waals surface area contributed by atoms with Crippen LogP contribution in [0.25, 0.3) is 0 Å². The van der Waals surface area contributed by atoms with Gasteiger partial charge < -0.3 is 10.0 Å². The number of aliphatic hydroxyl groups is 1. The van der Waals surface area contributed by atoms with Crippen LogP contribution in [-0.4, -0.2) is 34.6 Å². The first-order chi connectivity index (χ1) is 8.20. The van der Waals surface area contributed by atoms with Gasteiger partial charge in [0.2, 0.25) is 0 Å². The molecule has 0 atom stereocenters. The number of aromatic nitrogens is 1. The van der Waals surface area contributed by atoms with Crippen molar-refractivity contribution in [3.63, 3.8) is 0 Å². The Morgan fingerprint density at radius 2 is 2.06 bits per heavy atom. The zero-order chi connectivity index (χ0) is 12.3. The van der Waals surface area contributed by atoms with Crippen LogP contribution in [0.5, 0.6) is 0 Å². The van der Waals surface area contributed by atoms with Crippen LogP contribution in [0, 0.1) is 0 Å². The normalized spacial score (nSPS) is 17.2. The van der Waals surface area contributed by atoms with Gasteiger partial charge in [0.25, 0.3) is 0 Å². The highest BCUT2D eigenvalue weighted by Crippen LogP contribution is 2.25. The molecule has 1 aromatic heterocycles. The second-order valence-corrected chi connectivity index (χ2v) is 6.20. The smallest absolute Gasteiger partial charge is 0.0944 e. The van der Waals surface area contributed by atoms with E-state index in [1.165, 1.54) is 30.9 Å². The number of likely N-dealkylation sites (tertiary alicyclic amines) is 1. The van der Waals surface area contributed by atoms with E-state index in [0.29, 0.717) is 5.92 Å². The average molecular weight is 254 g/mol. The first kappa shape index (κ1) is 13.0. The highest BCUT2D eigenvalue weighted by Gasteiger charge is 2.15. The summed E-state index contributed by atoms with van der Waals surface area (Å²) >= 11 is 1.68. The molecule has 0 aliphatic carbocycles. The van der Waals surface area contributed by atoms with Crippen LogP contribution in [0.1, 0.15) is 48.2 Å². The summed E-state index contributed by atoms with van der Waals surface area (Å²) in [5, 5.41) is 10.5. The van der Waals surface area contributed by atoms with Crippen LogP contribution < -0.4 is 0 Å². The summed E-state index contributed by atoms with van der Waals surface area (Å²) in [6.45, 7) is 8.02. The van der Waals surface area contributed by atoms with Crippen molar-refractivity contribution in [2.45, 2.75) is 45.6 Å². The third-order valence-corrected chi connectivity index (χ3v) is 4.42. The van der Waals surface area contributed by atoms with E-state index in [1.807, 2.05) is 0 Å². The lowest BCUT2D eigenvalue weighted by atomic mass is 10.1. The fourth-order valence-electron chi connectivity index (χ4n) is 2.35. The maximum atomic E-state index is 9.32. The molecule has 1 fully saturated rings. The van der Waals surface area contributed by atoms with Gasteiger partial charge in [-0.15, -0.1) is 11.3 Å². The molecule has 0 amide bonds. The molecule has 0 aromatic carbocycles. The number of hydrogen-bond donors (Lipinski definition) is 1. The van der Waals surface area contributed by atoms with E-state index in [2.05, 4.69) is 23.7 Å². The van der Waals surface area contributed by atoms with Crippen molar-refractivity contribution in [1.29, 1.82) is 0 Å². The molecule has 2 heterocycles. The van der Waals surface area contributed by atoms with Crippen LogP contribution in [0.2, 0.25) is 0 Å². The minimum absolute atomic E-state index is 0.134. The van der Waals surface area contributed by atoms with Gasteiger partial charge in [0.05, 0.1) is 22.2 Å². The highest BCUT2D eigenvalue weighted by molar-refractivity contribution is 7.11. The van der Waals surface area contributed by atoms with Crippen molar-refractivity contribution in [2.75, 3.05) is 19.6 Å². The molecular formula is C13H22N2OS. The Morgan fingerprint density at radius 3 is 2.59 bits per heavy atom. The topological polar surface area (TPSA) is 36.4 Å². The van der Waals surface area contributed by atoms with Crippen molar-refractivity contribution in [1.82, 2.24) is 9.88 Å². The zero-order valence-electron chi connectivity index (χ0n) is 10.8. The average Bonchev–Trinajstić information content (AvgIpc) is 2.95. The van der Waals surface area contributed by atoms with Gasteiger partial charge in [0, 0.05) is 13.0 Å². The summed E-state index contributed by atoms with van der Waals surface area (Å²) in [6.07, 6.45) is 3.72. The largest absolute Gasteiger partial charge is 0.391 e. The summed E-state index contributed by atoms with van der Waals surface area (Å²) in [4.78, 5) is 8.23. The van der Waals surface area contributed by atoms with Gasteiger partial charge in [-0.25, -0.2) is 4.98 Å². The molecule has 0 spiro atoms. The number of rotatable bonds is 5. The molecule has 0 unspecified atom stereocenters. The molecule has 1 aliphatic rings. The van der Waals surface area contributed by atoms with Gasteiger partial charge in [0.1, 0.15) is 0 Å². The predicted octanol–water partition coefficient (Wildman–Crippen LogP) is 2.40. The Kier molecular flexibility index (Phi) is 4.54. The molecule has 1 aromatic rings. The molecule has 3 nitrogen and oxygen atoms in total. The van der Waals surface area contributed by atoms with E-state index < -0.39 is 0 Å². The van der Waals surface area contributed by atoms with E-state index in [0.717, 1.165) is 23.5 Å². The van der Waals surface area contributed by atoms with Crippen molar-refractivity contribution < 1.29 is 5.11 Å². The minimum atomic E-state index is 0.134. The van der Waals surface area contributed by atoms with E-state index in [9.17, 15) is 5.11 Å². The predicted molar refractivity (Wildman–Crippen MR) is 71.5 cm³/mol. The van der Waals surface area contributed by atoms with Gasteiger partial charge in [-0.05, 0) is 31.8 Å². The Labute approximate surface area is 107 Å². The maximum Gasteiger partial charge on any atom is 0.0944 e. The van der Waals surface area contributed by atoms with Crippen molar-refractivity contribution in [3.8, 4) is 0 Å². The Hall–Kier alpha value is -0.450. The van der Waals surface area contributed by atoms with Crippen molar-refractivity contribution >= 4 is 11.3 Å². The van der Waals surface area contributed by atoms with Gasteiger partial charge >= 0.3 is 0 Å². The number of hydrogen-bond acceptors (Lipinski definition) is 4. The Morgan fingerprint density at radius 1 is 1.35 bits per heavy atom. The molecule has 2 rings (SSSR count). The zero-order valence-corrected chi connectivity index (χ0v) is 11.6. The summed E-state index contributed by atoms with van der Waals surface area (Å²) in [6, 6.07) is 0. The van der Waals surface area contributed by atoms with E-state index in [1.54, 1.807) is 11.3 Å². The fourth-order valence-corrected chi connectivity index (χ4v) is 3.42. The molecule has 1 aliphatic heterocycles. The highest BCUT2D eigenvalue weighted by atomic mass is 32.1. The second kappa shape index (κ2) is 5.94. The Bertz CT molecular complexity index is 356. The molecule has 4 heteroatoms. The minimum Gasteiger partial charge on any atom is -0.391 e. The van der Waals surface area contributed by atoms with Crippen LogP contribution >= 0.6 is 11.3 Å². The SMILES string of the molecule is CC(C)c1nc(CCN2CCCC2)sc1CO. The van der Waals surface area contributed by atoms with Crippen molar-refractivity contribution in [2.24, 2.45) is 0 Å². The third-order valence-electron chi connectivity index (χ3n) is 3.30. The van der Waals surface area contributed by atoms with Crippen LogP contribution in [0.3, 0.4) is 0 Å². The molecule has 17 heavy (non-hydrogen) atoms. The first-order valence-corrected chi connectivity index (χ1v) is 7.34. The third kappa shape index (κ3) is 3.27. The van der Waals surface area contributed by atoms with Crippen molar-refractivity contribution in [3.05, 3.63) is 15.6 Å². The molecule has 0 saturated carbocycles. The molecule has 0 radical (unpaired) electrons. The van der Waals surface area contributed by atoms with Gasteiger partial charge in [-0.3, -0.25) is 0 Å². The van der Waals surface area contributed by atoms with Gasteiger partial charge in [-0.2, -0.15) is 0 Å². The summed E-state index contributed by atoms with van der Waals surface area (Å²) in [5.41, 5.74) is 1.09. The van der Waals surface area contributed by atoms with E-state index in [-0.39, 0.29) is 6.61 Å². The quantitative estimate of drug-likeness (QED) is 0.876. The second-order valence-electron chi connectivity index (χ2n) is 5.03. The molecule has 1 saturated heterocycles. The number of thiazole rings is 1. The standard InChI is InChI=1S/C13H22N2OS/c1-10(2)13-11(9-16)17-12(14-13)5-8-15-6-3-4-7-15/h10,16H,3-9H2,1-2H3. The lowest BCUT2D eigenvalue weighted by molar-refractivity contribution is 0.283. The molecule has 96 valence electrons. The fraction of sp³-hybridized carbons (Fsp3) is 0.769. The molecule has 0 bridgehead atoms. The van der Waals surface area contributed by atoms with Crippen LogP contribution in [0.15, 0.2) is 0 Å². The summed E-state index contributed by atoms with van der Waals surface area (Å²) in [5.74, 6) is 0.411. The molecular weight excluding hydrogens is 232 g/mol. The monoisotopic (exact) mass is 254 g/mol.